The van der Waals surface area contributed by atoms with Gasteiger partial charge < -0.3 is 15.5 Å². The molecular weight excluding hydrogens is 264 g/mol. The molecule has 0 atom stereocenters. The minimum atomic E-state index is -0.327. The van der Waals surface area contributed by atoms with E-state index in [9.17, 15) is 4.79 Å². The molecule has 0 saturated carbocycles. The maximum atomic E-state index is 11.6. The Bertz CT molecular complexity index is 617. The molecule has 4 nitrogen and oxygen atoms in total. The number of esters is 1. The highest BCUT2D eigenvalue weighted by atomic mass is 35.5. The van der Waals surface area contributed by atoms with Crippen LogP contribution >= 0.6 is 12.4 Å². The normalized spacial score (nSPS) is 11.2. The van der Waals surface area contributed by atoms with Gasteiger partial charge >= 0.3 is 5.97 Å². The first kappa shape index (κ1) is 15.3. The number of carbonyl (C=O) groups excluding carboxylic acids is 1. The number of aromatic nitrogens is 1. The van der Waals surface area contributed by atoms with Crippen molar-refractivity contribution in [2.45, 2.75) is 20.4 Å². The average molecular weight is 281 g/mol. The summed E-state index contributed by atoms with van der Waals surface area (Å²) in [5.74, 6) is 0.211. The van der Waals surface area contributed by atoms with Crippen molar-refractivity contribution in [3.63, 3.8) is 0 Å². The Morgan fingerprint density at radius 3 is 2.79 bits per heavy atom. The lowest BCUT2D eigenvalue weighted by molar-refractivity contribution is -0.130. The third kappa shape index (κ3) is 3.36. The lowest BCUT2D eigenvalue weighted by atomic mass is 10.2. The largest absolute Gasteiger partial charge is 0.423 e. The van der Waals surface area contributed by atoms with Crippen LogP contribution in [0.1, 0.15) is 19.5 Å². The van der Waals surface area contributed by atoms with E-state index in [1.54, 1.807) is 26.0 Å². The summed E-state index contributed by atoms with van der Waals surface area (Å²) in [6, 6.07) is 7.42. The number of nitrogens with two attached hydrogens (primary N) is 1. The van der Waals surface area contributed by atoms with E-state index in [0.29, 0.717) is 17.9 Å². The number of hydrogen-bond donors (Lipinski definition) is 2. The molecule has 19 heavy (non-hydrogen) atoms. The van der Waals surface area contributed by atoms with E-state index in [0.717, 1.165) is 16.6 Å². The minimum Gasteiger partial charge on any atom is -0.423 e. The number of fused-ring (bicyclic) bond motifs is 1. The van der Waals surface area contributed by atoms with Crippen molar-refractivity contribution in [2.75, 3.05) is 0 Å². The van der Waals surface area contributed by atoms with Gasteiger partial charge in [-0.05, 0) is 38.1 Å². The van der Waals surface area contributed by atoms with Gasteiger partial charge in [0, 0.05) is 28.7 Å². The van der Waals surface area contributed by atoms with Crippen LogP contribution in [0.15, 0.2) is 35.9 Å². The third-order valence-electron chi connectivity index (χ3n) is 2.83. The number of halogens is 1. The number of carbonyl (C=O) groups is 1. The van der Waals surface area contributed by atoms with Crippen LogP contribution in [0.2, 0.25) is 0 Å². The topological polar surface area (TPSA) is 68.1 Å². The van der Waals surface area contributed by atoms with Crippen LogP contribution in [0.3, 0.4) is 0 Å². The number of nitrogens with one attached hydrogen (secondary N) is 1. The summed E-state index contributed by atoms with van der Waals surface area (Å²) in [5.41, 5.74) is 8.10. The van der Waals surface area contributed by atoms with Gasteiger partial charge in [0.25, 0.3) is 0 Å². The molecule has 0 aliphatic heterocycles. The fourth-order valence-electron chi connectivity index (χ4n) is 1.65. The number of aromatic amines is 1. The maximum Gasteiger partial charge on any atom is 0.338 e. The first-order valence-corrected chi connectivity index (χ1v) is 5.81. The first-order chi connectivity index (χ1) is 8.63. The molecule has 0 bridgehead atoms. The second-order valence-electron chi connectivity index (χ2n) is 4.11. The minimum absolute atomic E-state index is 0. The molecule has 0 fully saturated rings. The summed E-state index contributed by atoms with van der Waals surface area (Å²) in [5, 5.41) is 0.985. The van der Waals surface area contributed by atoms with Gasteiger partial charge in [0.05, 0.1) is 0 Å². The summed E-state index contributed by atoms with van der Waals surface area (Å²) >= 11 is 0. The Balaban J connectivity index is 0.00000180. The predicted octanol–water partition coefficient (Wildman–Crippen LogP) is 2.92. The van der Waals surface area contributed by atoms with Gasteiger partial charge in [-0.3, -0.25) is 0 Å². The average Bonchev–Trinajstić information content (AvgIpc) is 2.79. The molecule has 0 unspecified atom stereocenters. The van der Waals surface area contributed by atoms with Crippen molar-refractivity contribution >= 4 is 29.3 Å². The summed E-state index contributed by atoms with van der Waals surface area (Å²) < 4.78 is 5.27. The fourth-order valence-corrected chi connectivity index (χ4v) is 1.65. The van der Waals surface area contributed by atoms with Crippen LogP contribution < -0.4 is 10.5 Å². The van der Waals surface area contributed by atoms with Crippen molar-refractivity contribution in [3.8, 4) is 5.75 Å². The van der Waals surface area contributed by atoms with Crippen molar-refractivity contribution in [3.05, 3.63) is 41.6 Å². The zero-order valence-corrected chi connectivity index (χ0v) is 11.7. The monoisotopic (exact) mass is 280 g/mol. The highest BCUT2D eigenvalue weighted by molar-refractivity contribution is 5.90. The molecule has 0 aliphatic carbocycles. The number of hydrogen-bond acceptors (Lipinski definition) is 3. The highest BCUT2D eigenvalue weighted by Crippen LogP contribution is 2.22. The zero-order valence-electron chi connectivity index (χ0n) is 10.9. The van der Waals surface area contributed by atoms with Crippen LogP contribution in [0.25, 0.3) is 10.9 Å². The first-order valence-electron chi connectivity index (χ1n) is 5.81. The maximum absolute atomic E-state index is 11.6. The van der Waals surface area contributed by atoms with Crippen LogP contribution in [0.5, 0.6) is 5.75 Å². The summed E-state index contributed by atoms with van der Waals surface area (Å²) in [7, 11) is 0. The molecule has 102 valence electrons. The van der Waals surface area contributed by atoms with Gasteiger partial charge in [0.2, 0.25) is 0 Å². The molecule has 0 radical (unpaired) electrons. The van der Waals surface area contributed by atoms with Gasteiger partial charge in [-0.1, -0.05) is 6.08 Å². The van der Waals surface area contributed by atoms with E-state index in [-0.39, 0.29) is 18.4 Å². The van der Waals surface area contributed by atoms with Crippen molar-refractivity contribution in [1.29, 1.82) is 0 Å². The second kappa shape index (κ2) is 6.41. The molecule has 0 amide bonds. The molecule has 2 rings (SSSR count). The summed E-state index contributed by atoms with van der Waals surface area (Å²) in [4.78, 5) is 14.8. The second-order valence-corrected chi connectivity index (χ2v) is 4.11. The SMILES string of the molecule is C/C=C(\C)C(=O)Oc1ccc2[nH]c(CN)cc2c1.Cl. The van der Waals surface area contributed by atoms with Gasteiger partial charge in [-0.15, -0.1) is 12.4 Å². The van der Waals surface area contributed by atoms with Crippen LogP contribution in [0, 0.1) is 0 Å². The molecule has 0 aliphatic rings. The fraction of sp³-hybridized carbons (Fsp3) is 0.214. The number of benzene rings is 1. The van der Waals surface area contributed by atoms with Gasteiger partial charge in [-0.2, -0.15) is 0 Å². The molecular formula is C14H17ClN2O2. The Hall–Kier alpha value is -1.78. The Morgan fingerprint density at radius 1 is 1.42 bits per heavy atom. The van der Waals surface area contributed by atoms with E-state index >= 15 is 0 Å². The number of H-pyrrole nitrogens is 1. The molecule has 2 aromatic rings. The zero-order chi connectivity index (χ0) is 13.1. The molecule has 3 N–H and O–H groups in total. The van der Waals surface area contributed by atoms with Crippen LogP contribution in [0.4, 0.5) is 0 Å². The van der Waals surface area contributed by atoms with Crippen LogP contribution in [-0.4, -0.2) is 11.0 Å². The standard InChI is InChI=1S/C14H16N2O2.ClH/c1-3-9(2)14(17)18-12-4-5-13-10(7-12)6-11(8-15)16-13;/h3-7,16H,8,15H2,1-2H3;1H/b9-3+;. The molecule has 0 spiro atoms. The number of rotatable bonds is 3. The molecule has 1 aromatic heterocycles. The summed E-state index contributed by atoms with van der Waals surface area (Å²) in [6.45, 7) is 3.99. The van der Waals surface area contributed by atoms with Gasteiger partial charge in [0.15, 0.2) is 0 Å². The lowest BCUT2D eigenvalue weighted by Crippen LogP contribution is -2.08. The molecule has 5 heteroatoms. The summed E-state index contributed by atoms with van der Waals surface area (Å²) in [6.07, 6.45) is 1.73. The highest BCUT2D eigenvalue weighted by Gasteiger charge is 2.07. The predicted molar refractivity (Wildman–Crippen MR) is 78.5 cm³/mol. The smallest absolute Gasteiger partial charge is 0.338 e. The van der Waals surface area contributed by atoms with Crippen LogP contribution in [-0.2, 0) is 11.3 Å². The van der Waals surface area contributed by atoms with Crippen molar-refractivity contribution in [2.24, 2.45) is 5.73 Å². The quantitative estimate of drug-likeness (QED) is 0.516. The van der Waals surface area contributed by atoms with E-state index in [1.807, 2.05) is 18.2 Å². The number of ether oxygens (including phenoxy) is 1. The third-order valence-corrected chi connectivity index (χ3v) is 2.83. The van der Waals surface area contributed by atoms with E-state index in [2.05, 4.69) is 4.98 Å². The molecule has 1 aromatic carbocycles. The number of allylic oxidation sites excluding steroid dienone is 1. The molecule has 1 heterocycles. The van der Waals surface area contributed by atoms with Crippen molar-refractivity contribution in [1.82, 2.24) is 4.98 Å². The van der Waals surface area contributed by atoms with E-state index in [4.69, 9.17) is 10.5 Å². The Kier molecular flexibility index (Phi) is 5.15. The van der Waals surface area contributed by atoms with E-state index < -0.39 is 0 Å². The van der Waals surface area contributed by atoms with E-state index in [1.165, 1.54) is 0 Å². The Labute approximate surface area is 118 Å². The van der Waals surface area contributed by atoms with Gasteiger partial charge in [0.1, 0.15) is 5.75 Å². The molecule has 0 saturated heterocycles. The van der Waals surface area contributed by atoms with Crippen molar-refractivity contribution < 1.29 is 9.53 Å². The Morgan fingerprint density at radius 2 is 2.16 bits per heavy atom. The van der Waals surface area contributed by atoms with Gasteiger partial charge in [-0.25, -0.2) is 4.79 Å². The lowest BCUT2D eigenvalue weighted by Gasteiger charge is -2.03.